The fraction of sp³-hybridized carbons (Fsp3) is 0.730. The molecule has 11 heteroatoms. The minimum Gasteiger partial charge on any atom is -0.461 e. The zero-order valence-corrected chi connectivity index (χ0v) is 31.1. The topological polar surface area (TPSA) is 118 Å². The average molecular weight is 675 g/mol. The second-order valence-electron chi connectivity index (χ2n) is 15.9. The highest BCUT2D eigenvalue weighted by Crippen LogP contribution is 2.23. The molecule has 1 unspecified atom stereocenters. The zero-order chi connectivity index (χ0) is 36.0. The van der Waals surface area contributed by atoms with E-state index in [0.29, 0.717) is 65.2 Å². The molecule has 0 amide bonds. The number of rotatable bonds is 12. The Kier molecular flexibility index (Phi) is 16.7. The first-order valence-electron chi connectivity index (χ1n) is 17.3. The van der Waals surface area contributed by atoms with Gasteiger partial charge in [-0.05, 0) is 58.9 Å². The van der Waals surface area contributed by atoms with Crippen LogP contribution in [0.4, 0.5) is 0 Å². The summed E-state index contributed by atoms with van der Waals surface area (Å²) in [7, 11) is 0. The first-order chi connectivity index (χ1) is 22.3. The Morgan fingerprint density at radius 3 is 1.67 bits per heavy atom. The minimum absolute atomic E-state index is 0.0597. The highest BCUT2D eigenvalue weighted by molar-refractivity contribution is 5.85. The van der Waals surface area contributed by atoms with E-state index >= 15 is 0 Å². The van der Waals surface area contributed by atoms with Gasteiger partial charge in [-0.3, -0.25) is 33.9 Å². The molecule has 1 heterocycles. The summed E-state index contributed by atoms with van der Waals surface area (Å²) in [5.74, 6) is -0.896. The second-order valence-corrected chi connectivity index (χ2v) is 15.9. The van der Waals surface area contributed by atoms with Gasteiger partial charge in [0, 0.05) is 65.2 Å². The smallest absolute Gasteiger partial charge is 0.320 e. The summed E-state index contributed by atoms with van der Waals surface area (Å²) in [4.78, 5) is 58.7. The van der Waals surface area contributed by atoms with Crippen LogP contribution in [0.5, 0.6) is 0 Å². The van der Waals surface area contributed by atoms with Gasteiger partial charge >= 0.3 is 17.9 Å². The minimum atomic E-state index is -0.592. The van der Waals surface area contributed by atoms with Crippen molar-refractivity contribution in [3.8, 4) is 0 Å². The van der Waals surface area contributed by atoms with E-state index in [1.807, 2.05) is 102 Å². The van der Waals surface area contributed by atoms with Crippen molar-refractivity contribution in [2.24, 2.45) is 5.41 Å². The summed E-state index contributed by atoms with van der Waals surface area (Å²) in [5, 5.41) is 3.43. The lowest BCUT2D eigenvalue weighted by molar-refractivity contribution is -0.157. The van der Waals surface area contributed by atoms with Crippen LogP contribution in [-0.4, -0.2) is 121 Å². The molecule has 272 valence electrons. The van der Waals surface area contributed by atoms with Crippen LogP contribution in [0.3, 0.4) is 0 Å². The molecule has 1 aliphatic heterocycles. The Bertz CT molecular complexity index is 1110. The Morgan fingerprint density at radius 1 is 0.708 bits per heavy atom. The third-order valence-corrected chi connectivity index (χ3v) is 7.54. The Morgan fingerprint density at radius 2 is 1.21 bits per heavy atom. The molecule has 0 saturated carbocycles. The molecule has 1 atom stereocenters. The molecular formula is C37H62N4O7. The maximum atomic E-state index is 14.0. The quantitative estimate of drug-likeness (QED) is 0.255. The second kappa shape index (κ2) is 19.4. The SMILES string of the molecule is CC(C)(C)CC(=O)C(CCC(=O)OCc1ccccc1)N1CCN(CC(=O)OC(C)(C)C)CCNCCN(CC(=O)OC(C)(C)C)CC1. The number of hydrogen-bond donors (Lipinski definition) is 1. The van der Waals surface area contributed by atoms with E-state index in [0.717, 1.165) is 5.56 Å². The van der Waals surface area contributed by atoms with Crippen molar-refractivity contribution in [3.05, 3.63) is 35.9 Å². The van der Waals surface area contributed by atoms with Crippen LogP contribution < -0.4 is 5.32 Å². The summed E-state index contributed by atoms with van der Waals surface area (Å²) in [5.41, 5.74) is -0.526. The van der Waals surface area contributed by atoms with Gasteiger partial charge in [0.15, 0.2) is 5.78 Å². The summed E-state index contributed by atoms with van der Waals surface area (Å²) >= 11 is 0. The summed E-state index contributed by atoms with van der Waals surface area (Å²) < 4.78 is 16.8. The van der Waals surface area contributed by atoms with Gasteiger partial charge in [-0.1, -0.05) is 51.1 Å². The van der Waals surface area contributed by atoms with Crippen LogP contribution in [0, 0.1) is 5.41 Å². The number of nitrogens with zero attached hydrogens (tertiary/aromatic N) is 3. The van der Waals surface area contributed by atoms with Gasteiger partial charge in [0.25, 0.3) is 0 Å². The van der Waals surface area contributed by atoms with Crippen LogP contribution in [0.15, 0.2) is 30.3 Å². The fourth-order valence-corrected chi connectivity index (χ4v) is 5.47. The van der Waals surface area contributed by atoms with E-state index in [4.69, 9.17) is 14.2 Å². The number of Topliss-reactive ketones (excluding diaryl/α,β-unsaturated/α-hetero) is 1. The number of nitrogens with one attached hydrogen (secondary N) is 1. The largest absolute Gasteiger partial charge is 0.461 e. The van der Waals surface area contributed by atoms with Crippen LogP contribution >= 0.6 is 0 Å². The Hall–Kier alpha value is -2.86. The van der Waals surface area contributed by atoms with E-state index in [9.17, 15) is 19.2 Å². The predicted molar refractivity (Wildman–Crippen MR) is 187 cm³/mol. The first-order valence-corrected chi connectivity index (χ1v) is 17.3. The van der Waals surface area contributed by atoms with Gasteiger partial charge in [-0.2, -0.15) is 0 Å². The van der Waals surface area contributed by atoms with E-state index in [1.54, 1.807) is 0 Å². The number of carbonyl (C=O) groups excluding carboxylic acids is 4. The van der Waals surface area contributed by atoms with Crippen LogP contribution in [0.1, 0.15) is 87.1 Å². The Balaban J connectivity index is 2.30. The van der Waals surface area contributed by atoms with Gasteiger partial charge in [0.05, 0.1) is 19.1 Å². The van der Waals surface area contributed by atoms with E-state index in [-0.39, 0.29) is 55.2 Å². The van der Waals surface area contributed by atoms with E-state index in [2.05, 4.69) is 10.2 Å². The van der Waals surface area contributed by atoms with Crippen LogP contribution in [0.2, 0.25) is 0 Å². The number of esters is 3. The van der Waals surface area contributed by atoms with Gasteiger partial charge in [-0.25, -0.2) is 0 Å². The maximum absolute atomic E-state index is 14.0. The molecule has 2 rings (SSSR count). The molecule has 48 heavy (non-hydrogen) atoms. The van der Waals surface area contributed by atoms with Gasteiger partial charge in [0.2, 0.25) is 0 Å². The van der Waals surface area contributed by atoms with Crippen molar-refractivity contribution in [2.75, 3.05) is 65.4 Å². The molecule has 1 N–H and O–H groups in total. The van der Waals surface area contributed by atoms with Crippen LogP contribution in [-0.2, 0) is 40.0 Å². The molecule has 1 aromatic carbocycles. The zero-order valence-electron chi connectivity index (χ0n) is 31.1. The molecule has 0 aromatic heterocycles. The predicted octanol–water partition coefficient (Wildman–Crippen LogP) is 4.08. The third-order valence-electron chi connectivity index (χ3n) is 7.54. The van der Waals surface area contributed by atoms with E-state index < -0.39 is 17.2 Å². The van der Waals surface area contributed by atoms with Gasteiger partial charge in [-0.15, -0.1) is 0 Å². The molecule has 0 spiro atoms. The molecule has 0 aliphatic carbocycles. The molecule has 1 fully saturated rings. The normalized spacial score (nSPS) is 17.4. The molecule has 11 nitrogen and oxygen atoms in total. The number of carbonyl (C=O) groups is 4. The molecule has 0 bridgehead atoms. The van der Waals surface area contributed by atoms with E-state index in [1.165, 1.54) is 0 Å². The summed E-state index contributed by atoms with van der Waals surface area (Å²) in [6, 6.07) is 8.97. The third kappa shape index (κ3) is 18.6. The first kappa shape index (κ1) is 41.3. The van der Waals surface area contributed by atoms with Crippen molar-refractivity contribution < 1.29 is 33.4 Å². The summed E-state index contributed by atoms with van der Waals surface area (Å²) in [6.07, 6.45) is 0.750. The number of hydrogen-bond acceptors (Lipinski definition) is 11. The fourth-order valence-electron chi connectivity index (χ4n) is 5.47. The summed E-state index contributed by atoms with van der Waals surface area (Å²) in [6.45, 7) is 22.1. The number of ketones is 1. The molecule has 1 saturated heterocycles. The standard InChI is InChI=1S/C37H62N4O7/c1-35(2,3)25-31(42)30(15-16-32(43)46-28-29-13-11-10-12-14-29)41-23-21-39(26-33(44)47-36(4,5)6)19-17-38-18-20-40(22-24-41)27-34(45)48-37(7,8)9/h10-14,30,38H,15-28H2,1-9H3. The van der Waals surface area contributed by atoms with Crippen molar-refractivity contribution in [2.45, 2.75) is 105 Å². The highest BCUT2D eigenvalue weighted by atomic mass is 16.6. The van der Waals surface area contributed by atoms with Crippen molar-refractivity contribution >= 4 is 23.7 Å². The van der Waals surface area contributed by atoms with Crippen LogP contribution in [0.25, 0.3) is 0 Å². The molecular weight excluding hydrogens is 612 g/mol. The lowest BCUT2D eigenvalue weighted by atomic mass is 9.86. The Labute approximate surface area is 289 Å². The van der Waals surface area contributed by atoms with Gasteiger partial charge < -0.3 is 19.5 Å². The lowest BCUT2D eigenvalue weighted by Gasteiger charge is -2.36. The molecule has 1 aromatic rings. The molecule has 0 radical (unpaired) electrons. The van der Waals surface area contributed by atoms with Crippen molar-refractivity contribution in [1.82, 2.24) is 20.0 Å². The van der Waals surface area contributed by atoms with Crippen molar-refractivity contribution in [3.63, 3.8) is 0 Å². The van der Waals surface area contributed by atoms with Gasteiger partial charge in [0.1, 0.15) is 17.8 Å². The monoisotopic (exact) mass is 674 g/mol. The number of benzene rings is 1. The maximum Gasteiger partial charge on any atom is 0.320 e. The number of ether oxygens (including phenoxy) is 3. The lowest BCUT2D eigenvalue weighted by Crippen LogP contribution is -2.51. The highest BCUT2D eigenvalue weighted by Gasteiger charge is 2.31. The molecule has 1 aliphatic rings. The average Bonchev–Trinajstić information content (AvgIpc) is 2.93. The van der Waals surface area contributed by atoms with Crippen molar-refractivity contribution in [1.29, 1.82) is 0 Å².